The molecule has 5 nitrogen and oxygen atoms in total. The van der Waals surface area contributed by atoms with Crippen molar-refractivity contribution in [3.05, 3.63) is 24.0 Å². The monoisotopic (exact) mass is 266 g/mol. The van der Waals surface area contributed by atoms with Gasteiger partial charge in [-0.25, -0.2) is 0 Å². The molecule has 0 spiro atoms. The van der Waals surface area contributed by atoms with Crippen molar-refractivity contribution in [3.8, 4) is 0 Å². The van der Waals surface area contributed by atoms with E-state index < -0.39 is 0 Å². The van der Waals surface area contributed by atoms with Crippen molar-refractivity contribution in [3.63, 3.8) is 0 Å². The van der Waals surface area contributed by atoms with E-state index in [1.54, 1.807) is 0 Å². The molecule has 0 saturated heterocycles. The molecule has 0 aliphatic carbocycles. The second-order valence-electron chi connectivity index (χ2n) is 4.95. The van der Waals surface area contributed by atoms with Gasteiger partial charge in [0.05, 0.1) is 6.54 Å². The summed E-state index contributed by atoms with van der Waals surface area (Å²) in [6.07, 6.45) is 2.04. The molecule has 1 aromatic heterocycles. The minimum absolute atomic E-state index is 0.171. The van der Waals surface area contributed by atoms with Crippen molar-refractivity contribution >= 4 is 5.96 Å². The lowest BCUT2D eigenvalue weighted by Crippen LogP contribution is -2.39. The highest BCUT2D eigenvalue weighted by atomic mass is 16.3. The number of nitrogens with one attached hydrogen (secondary N) is 1. The van der Waals surface area contributed by atoms with Gasteiger partial charge in [-0.2, -0.15) is 0 Å². The number of aromatic nitrogens is 1. The zero-order valence-electron chi connectivity index (χ0n) is 12.4. The van der Waals surface area contributed by atoms with Gasteiger partial charge in [0.2, 0.25) is 0 Å². The van der Waals surface area contributed by atoms with Crippen LogP contribution < -0.4 is 5.32 Å². The predicted octanol–water partition coefficient (Wildman–Crippen LogP) is 1.05. The lowest BCUT2D eigenvalue weighted by Gasteiger charge is -2.22. The second-order valence-corrected chi connectivity index (χ2v) is 4.95. The first-order chi connectivity index (χ1) is 9.08. The number of aliphatic hydroxyl groups excluding tert-OH is 1. The van der Waals surface area contributed by atoms with Gasteiger partial charge in [-0.15, -0.1) is 0 Å². The van der Waals surface area contributed by atoms with Crippen LogP contribution in [0.4, 0.5) is 0 Å². The van der Waals surface area contributed by atoms with Gasteiger partial charge in [0.15, 0.2) is 5.96 Å². The average Bonchev–Trinajstić information content (AvgIpc) is 2.79. The van der Waals surface area contributed by atoms with Gasteiger partial charge in [-0.05, 0) is 25.0 Å². The quantitative estimate of drug-likeness (QED) is 0.598. The Kier molecular flexibility index (Phi) is 6.42. The third-order valence-corrected chi connectivity index (χ3v) is 3.01. The number of guanidine groups is 1. The van der Waals surface area contributed by atoms with Crippen LogP contribution >= 0.6 is 0 Å². The molecule has 5 heteroatoms. The molecule has 0 aliphatic heterocycles. The summed E-state index contributed by atoms with van der Waals surface area (Å²) >= 11 is 0. The van der Waals surface area contributed by atoms with Gasteiger partial charge >= 0.3 is 0 Å². The third-order valence-electron chi connectivity index (χ3n) is 3.01. The molecule has 1 unspecified atom stereocenters. The Balaban J connectivity index is 2.67. The highest BCUT2D eigenvalue weighted by molar-refractivity contribution is 5.79. The van der Waals surface area contributed by atoms with Crippen LogP contribution in [0.1, 0.15) is 19.5 Å². The summed E-state index contributed by atoms with van der Waals surface area (Å²) in [6, 6.07) is 4.15. The van der Waals surface area contributed by atoms with Gasteiger partial charge in [0, 0.05) is 45.7 Å². The Morgan fingerprint density at radius 2 is 2.32 bits per heavy atom. The fourth-order valence-corrected chi connectivity index (χ4v) is 1.75. The SMILES string of the molecule is CCNC(=NCC(C)CO)N(C)Cc1cccn1C. The van der Waals surface area contributed by atoms with Crippen LogP contribution in [0.25, 0.3) is 0 Å². The van der Waals surface area contributed by atoms with Crippen LogP contribution in [0.2, 0.25) is 0 Å². The van der Waals surface area contributed by atoms with E-state index in [1.807, 2.05) is 33.3 Å². The van der Waals surface area contributed by atoms with E-state index in [9.17, 15) is 0 Å². The number of aryl methyl sites for hydroxylation is 1. The Hall–Kier alpha value is -1.49. The maximum atomic E-state index is 9.05. The summed E-state index contributed by atoms with van der Waals surface area (Å²) < 4.78 is 2.11. The van der Waals surface area contributed by atoms with Gasteiger partial charge in [-0.1, -0.05) is 6.92 Å². The minimum Gasteiger partial charge on any atom is -0.396 e. The minimum atomic E-state index is 0.171. The first kappa shape index (κ1) is 15.6. The smallest absolute Gasteiger partial charge is 0.194 e. The van der Waals surface area contributed by atoms with E-state index >= 15 is 0 Å². The molecule has 2 N–H and O–H groups in total. The van der Waals surface area contributed by atoms with Crippen molar-refractivity contribution in [2.24, 2.45) is 18.0 Å². The molecule has 1 aromatic rings. The van der Waals surface area contributed by atoms with Crippen molar-refractivity contribution in [2.45, 2.75) is 20.4 Å². The molecule has 19 heavy (non-hydrogen) atoms. The molecule has 1 atom stereocenters. The Morgan fingerprint density at radius 1 is 1.58 bits per heavy atom. The van der Waals surface area contributed by atoms with Crippen LogP contribution in [0.5, 0.6) is 0 Å². The zero-order chi connectivity index (χ0) is 14.3. The molecule has 0 aliphatic rings. The molecule has 0 amide bonds. The number of aliphatic hydroxyl groups is 1. The van der Waals surface area contributed by atoms with E-state index in [1.165, 1.54) is 5.69 Å². The number of hydrogen-bond acceptors (Lipinski definition) is 2. The van der Waals surface area contributed by atoms with Crippen molar-refractivity contribution < 1.29 is 5.11 Å². The van der Waals surface area contributed by atoms with Crippen LogP contribution in [0.3, 0.4) is 0 Å². The van der Waals surface area contributed by atoms with E-state index in [-0.39, 0.29) is 12.5 Å². The zero-order valence-corrected chi connectivity index (χ0v) is 12.4. The maximum absolute atomic E-state index is 9.05. The van der Waals surface area contributed by atoms with Gasteiger partial charge < -0.3 is 19.9 Å². The van der Waals surface area contributed by atoms with E-state index in [0.29, 0.717) is 6.54 Å². The predicted molar refractivity (Wildman–Crippen MR) is 79.1 cm³/mol. The van der Waals surface area contributed by atoms with Crippen LogP contribution in [-0.4, -0.2) is 47.3 Å². The molecule has 0 bridgehead atoms. The first-order valence-corrected chi connectivity index (χ1v) is 6.79. The van der Waals surface area contributed by atoms with Gasteiger partial charge in [0.1, 0.15) is 0 Å². The molecule has 0 fully saturated rings. The molecule has 0 radical (unpaired) electrons. The van der Waals surface area contributed by atoms with Crippen LogP contribution in [0.15, 0.2) is 23.3 Å². The fourth-order valence-electron chi connectivity index (χ4n) is 1.75. The molecule has 0 aromatic carbocycles. The third kappa shape index (κ3) is 4.95. The lowest BCUT2D eigenvalue weighted by molar-refractivity contribution is 0.241. The summed E-state index contributed by atoms with van der Waals surface area (Å²) in [7, 11) is 4.07. The Bertz CT molecular complexity index is 400. The summed E-state index contributed by atoms with van der Waals surface area (Å²) in [4.78, 5) is 6.66. The van der Waals surface area contributed by atoms with Gasteiger partial charge in [-0.3, -0.25) is 4.99 Å². The highest BCUT2D eigenvalue weighted by Crippen LogP contribution is 2.04. The summed E-state index contributed by atoms with van der Waals surface area (Å²) in [6.45, 7) is 6.50. The normalized spacial score (nSPS) is 13.4. The highest BCUT2D eigenvalue weighted by Gasteiger charge is 2.08. The standard InChI is InChI=1S/C14H26N4O/c1-5-15-14(16-9-12(2)11-19)18(4)10-13-7-6-8-17(13)3/h6-8,12,19H,5,9-11H2,1-4H3,(H,15,16). The van der Waals surface area contributed by atoms with E-state index in [2.05, 4.69) is 32.8 Å². The number of rotatable bonds is 6. The summed E-state index contributed by atoms with van der Waals surface area (Å²) in [5, 5.41) is 12.3. The maximum Gasteiger partial charge on any atom is 0.194 e. The summed E-state index contributed by atoms with van der Waals surface area (Å²) in [5.41, 5.74) is 1.24. The lowest BCUT2D eigenvalue weighted by atomic mass is 10.2. The van der Waals surface area contributed by atoms with Gasteiger partial charge in [0.25, 0.3) is 0 Å². The molecule has 1 rings (SSSR count). The van der Waals surface area contributed by atoms with Crippen molar-refractivity contribution in [2.75, 3.05) is 26.7 Å². The molecule has 0 saturated carbocycles. The summed E-state index contributed by atoms with van der Waals surface area (Å²) in [5.74, 6) is 1.07. The molecule has 108 valence electrons. The van der Waals surface area contributed by atoms with Crippen molar-refractivity contribution in [1.29, 1.82) is 0 Å². The van der Waals surface area contributed by atoms with Crippen LogP contribution in [0, 0.1) is 5.92 Å². The van der Waals surface area contributed by atoms with E-state index in [4.69, 9.17) is 5.11 Å². The Morgan fingerprint density at radius 3 is 2.84 bits per heavy atom. The number of nitrogens with zero attached hydrogens (tertiary/aromatic N) is 3. The first-order valence-electron chi connectivity index (χ1n) is 6.79. The van der Waals surface area contributed by atoms with Crippen molar-refractivity contribution in [1.82, 2.24) is 14.8 Å². The molecular weight excluding hydrogens is 240 g/mol. The molecular formula is C14H26N4O. The number of hydrogen-bond donors (Lipinski definition) is 2. The average molecular weight is 266 g/mol. The fraction of sp³-hybridized carbons (Fsp3) is 0.643. The largest absolute Gasteiger partial charge is 0.396 e. The Labute approximate surface area is 115 Å². The second kappa shape index (κ2) is 7.84. The number of aliphatic imine (C=N–C) groups is 1. The molecule has 1 heterocycles. The van der Waals surface area contributed by atoms with E-state index in [0.717, 1.165) is 19.0 Å². The topological polar surface area (TPSA) is 52.8 Å². The van der Waals surface area contributed by atoms with Crippen LogP contribution in [-0.2, 0) is 13.6 Å².